The molecular formula is C29H32FN7O3. The van der Waals surface area contributed by atoms with Crippen LogP contribution in [0.3, 0.4) is 0 Å². The van der Waals surface area contributed by atoms with E-state index in [0.29, 0.717) is 57.1 Å². The number of aromatic nitrogens is 4. The number of nitrogens with one attached hydrogen (secondary N) is 2. The third-order valence-corrected chi connectivity index (χ3v) is 7.99. The maximum atomic E-state index is 14.6. The highest BCUT2D eigenvalue weighted by atomic mass is 19.1. The van der Waals surface area contributed by atoms with Crippen LogP contribution < -0.4 is 24.6 Å². The number of nitrogens with zero attached hydrogens (tertiary/aromatic N) is 5. The largest absolute Gasteiger partial charge is 0.493 e. The van der Waals surface area contributed by atoms with Crippen LogP contribution in [0, 0.1) is 11.7 Å². The Bertz CT molecular complexity index is 1570. The SMILES string of the molecule is COc1ccc(N2C(=O)[C@@H](C)N([C@H]3CC[C@H](C)CC3)c3nc(Nc4cc(F)c5[nH]ncc5c4)ncc32)cc1OC. The van der Waals surface area contributed by atoms with Crippen LogP contribution in [0.5, 0.6) is 11.5 Å². The Kier molecular flexibility index (Phi) is 6.65. The number of halogens is 1. The number of ether oxygens (including phenoxy) is 2. The van der Waals surface area contributed by atoms with Crippen LogP contribution in [0.15, 0.2) is 42.7 Å². The number of H-pyrrole nitrogens is 1. The molecule has 1 amide bonds. The van der Waals surface area contributed by atoms with Crippen LogP contribution in [0.2, 0.25) is 0 Å². The number of benzene rings is 2. The molecule has 0 unspecified atom stereocenters. The number of carbonyl (C=O) groups is 1. The topological polar surface area (TPSA) is 109 Å². The van der Waals surface area contributed by atoms with Crippen molar-refractivity contribution < 1.29 is 18.7 Å². The van der Waals surface area contributed by atoms with Gasteiger partial charge in [0, 0.05) is 23.2 Å². The van der Waals surface area contributed by atoms with Crippen LogP contribution in [-0.4, -0.2) is 52.4 Å². The van der Waals surface area contributed by atoms with Gasteiger partial charge in [-0.1, -0.05) is 6.92 Å². The van der Waals surface area contributed by atoms with Gasteiger partial charge >= 0.3 is 0 Å². The fourth-order valence-electron chi connectivity index (χ4n) is 5.84. The van der Waals surface area contributed by atoms with E-state index < -0.39 is 11.9 Å². The van der Waals surface area contributed by atoms with Crippen molar-refractivity contribution in [1.82, 2.24) is 20.2 Å². The van der Waals surface area contributed by atoms with Crippen molar-refractivity contribution >= 4 is 45.6 Å². The highest BCUT2D eigenvalue weighted by molar-refractivity contribution is 6.10. The van der Waals surface area contributed by atoms with Crippen LogP contribution in [0.4, 0.5) is 33.2 Å². The van der Waals surface area contributed by atoms with E-state index in [-0.39, 0.29) is 11.9 Å². The summed E-state index contributed by atoms with van der Waals surface area (Å²) in [5.41, 5.74) is 2.05. The lowest BCUT2D eigenvalue weighted by Gasteiger charge is -2.46. The Morgan fingerprint density at radius 3 is 2.55 bits per heavy atom. The average Bonchev–Trinajstić information content (AvgIpc) is 3.44. The molecule has 0 radical (unpaired) electrons. The lowest BCUT2D eigenvalue weighted by atomic mass is 9.85. The molecule has 1 atom stereocenters. The second kappa shape index (κ2) is 10.3. The van der Waals surface area contributed by atoms with Gasteiger partial charge in [-0.05, 0) is 62.8 Å². The van der Waals surface area contributed by atoms with E-state index in [1.165, 1.54) is 6.07 Å². The summed E-state index contributed by atoms with van der Waals surface area (Å²) >= 11 is 0. The Labute approximate surface area is 231 Å². The predicted octanol–water partition coefficient (Wildman–Crippen LogP) is 5.70. The summed E-state index contributed by atoms with van der Waals surface area (Å²) in [4.78, 5) is 27.2. The summed E-state index contributed by atoms with van der Waals surface area (Å²) in [7, 11) is 3.13. The molecule has 208 valence electrons. The van der Waals surface area contributed by atoms with Gasteiger partial charge in [0.25, 0.3) is 5.91 Å². The Morgan fingerprint density at radius 1 is 1.02 bits per heavy atom. The number of rotatable bonds is 6. The van der Waals surface area contributed by atoms with E-state index in [4.69, 9.17) is 14.5 Å². The molecule has 2 N–H and O–H groups in total. The molecule has 10 nitrogen and oxygen atoms in total. The minimum atomic E-state index is -0.457. The van der Waals surface area contributed by atoms with Gasteiger partial charge in [0.2, 0.25) is 5.95 Å². The van der Waals surface area contributed by atoms with Gasteiger partial charge in [0.05, 0.1) is 32.3 Å². The molecule has 2 aromatic carbocycles. The van der Waals surface area contributed by atoms with Crippen LogP contribution in [0.1, 0.15) is 39.5 Å². The Hall–Kier alpha value is -4.41. The normalized spacial score (nSPS) is 20.9. The molecule has 4 aromatic rings. The van der Waals surface area contributed by atoms with Crippen molar-refractivity contribution in [2.24, 2.45) is 5.92 Å². The van der Waals surface area contributed by atoms with Gasteiger partial charge < -0.3 is 19.7 Å². The number of anilines is 5. The lowest BCUT2D eigenvalue weighted by molar-refractivity contribution is -0.119. The quantitative estimate of drug-likeness (QED) is 0.317. The minimum absolute atomic E-state index is 0.0740. The Morgan fingerprint density at radius 2 is 1.80 bits per heavy atom. The number of fused-ring (bicyclic) bond motifs is 2. The molecule has 1 aliphatic heterocycles. The highest BCUT2D eigenvalue weighted by Gasteiger charge is 2.42. The lowest BCUT2D eigenvalue weighted by Crippen LogP contribution is -2.55. The van der Waals surface area contributed by atoms with Crippen LogP contribution in [-0.2, 0) is 4.79 Å². The molecule has 6 rings (SSSR count). The summed E-state index contributed by atoms with van der Waals surface area (Å²) in [6.45, 7) is 4.20. The summed E-state index contributed by atoms with van der Waals surface area (Å²) in [5.74, 6) is 2.21. The first-order chi connectivity index (χ1) is 19.4. The second-order valence-electron chi connectivity index (χ2n) is 10.5. The zero-order chi connectivity index (χ0) is 28.0. The number of amides is 1. The molecule has 2 aliphatic rings. The van der Waals surface area contributed by atoms with Crippen molar-refractivity contribution in [1.29, 1.82) is 0 Å². The number of carbonyl (C=O) groups excluding carboxylic acids is 1. The fraction of sp³-hybridized carbons (Fsp3) is 0.379. The summed E-state index contributed by atoms with van der Waals surface area (Å²) in [6.07, 6.45) is 7.36. The van der Waals surface area contributed by atoms with Crippen molar-refractivity contribution in [2.75, 3.05) is 29.3 Å². The van der Waals surface area contributed by atoms with E-state index in [1.807, 2.05) is 13.0 Å². The minimum Gasteiger partial charge on any atom is -0.493 e. The van der Waals surface area contributed by atoms with E-state index in [2.05, 4.69) is 32.3 Å². The molecule has 3 heterocycles. The Balaban J connectivity index is 1.44. The zero-order valence-electron chi connectivity index (χ0n) is 22.9. The second-order valence-corrected chi connectivity index (χ2v) is 10.5. The van der Waals surface area contributed by atoms with E-state index in [1.54, 1.807) is 49.7 Å². The van der Waals surface area contributed by atoms with Crippen molar-refractivity contribution in [3.8, 4) is 11.5 Å². The first-order valence-electron chi connectivity index (χ1n) is 13.5. The molecule has 1 aliphatic carbocycles. The molecule has 1 saturated carbocycles. The van der Waals surface area contributed by atoms with E-state index in [0.717, 1.165) is 25.7 Å². The highest BCUT2D eigenvalue weighted by Crippen LogP contribution is 2.44. The molecule has 0 saturated heterocycles. The monoisotopic (exact) mass is 545 g/mol. The maximum Gasteiger partial charge on any atom is 0.254 e. The first kappa shape index (κ1) is 25.8. The van der Waals surface area contributed by atoms with Crippen molar-refractivity contribution in [3.05, 3.63) is 48.5 Å². The molecule has 2 aromatic heterocycles. The van der Waals surface area contributed by atoms with E-state index >= 15 is 0 Å². The molecule has 1 fully saturated rings. The van der Waals surface area contributed by atoms with Crippen molar-refractivity contribution in [2.45, 2.75) is 51.6 Å². The maximum absolute atomic E-state index is 14.6. The van der Waals surface area contributed by atoms with Gasteiger partial charge in [-0.2, -0.15) is 10.1 Å². The number of methoxy groups -OCH3 is 2. The van der Waals surface area contributed by atoms with Crippen LogP contribution in [0.25, 0.3) is 10.9 Å². The van der Waals surface area contributed by atoms with Gasteiger partial charge in [0.15, 0.2) is 23.1 Å². The number of hydrogen-bond acceptors (Lipinski definition) is 8. The van der Waals surface area contributed by atoms with Crippen molar-refractivity contribution in [3.63, 3.8) is 0 Å². The third kappa shape index (κ3) is 4.44. The zero-order valence-corrected chi connectivity index (χ0v) is 22.9. The van der Waals surface area contributed by atoms with Crippen LogP contribution >= 0.6 is 0 Å². The first-order valence-corrected chi connectivity index (χ1v) is 13.5. The van der Waals surface area contributed by atoms with Gasteiger partial charge in [-0.3, -0.25) is 14.8 Å². The average molecular weight is 546 g/mol. The standard InChI is InChI=1S/C29H32FN7O3/c1-16-5-7-20(8-6-16)36-17(2)28(38)37(21-9-10-24(39-3)25(13-21)40-4)23-15-31-29(34-27(23)36)33-19-11-18-14-32-35-26(18)22(30)12-19/h9-17,20H,5-8H2,1-4H3,(H,32,35)(H,31,33,34)/t16-,17-,20-/m1/s1. The number of hydrogen-bond donors (Lipinski definition) is 2. The third-order valence-electron chi connectivity index (χ3n) is 7.99. The van der Waals surface area contributed by atoms with Gasteiger partial charge in [-0.15, -0.1) is 0 Å². The van der Waals surface area contributed by atoms with Gasteiger partial charge in [0.1, 0.15) is 17.2 Å². The molecule has 0 bridgehead atoms. The molecule has 0 spiro atoms. The summed E-state index contributed by atoms with van der Waals surface area (Å²) in [5, 5.41) is 10.4. The summed E-state index contributed by atoms with van der Waals surface area (Å²) in [6, 6.07) is 8.25. The fourth-order valence-corrected chi connectivity index (χ4v) is 5.84. The molecule has 40 heavy (non-hydrogen) atoms. The number of aromatic amines is 1. The molecule has 11 heteroatoms. The summed E-state index contributed by atoms with van der Waals surface area (Å²) < 4.78 is 25.5. The molecular weight excluding hydrogens is 513 g/mol. The van der Waals surface area contributed by atoms with Gasteiger partial charge in [-0.25, -0.2) is 9.37 Å². The smallest absolute Gasteiger partial charge is 0.254 e. The predicted molar refractivity (Wildman–Crippen MR) is 151 cm³/mol. The van der Waals surface area contributed by atoms with E-state index in [9.17, 15) is 9.18 Å².